The molecule has 2 aromatic rings. The fraction of sp³-hybridized carbons (Fsp3) is 0.440. The molecule has 5 nitrogen and oxygen atoms in total. The van der Waals surface area contributed by atoms with Crippen LogP contribution in [0, 0.1) is 0 Å². The number of amides is 3. The number of nitrogens with one attached hydrogen (secondary N) is 2. The summed E-state index contributed by atoms with van der Waals surface area (Å²) in [6.07, 6.45) is 7.25. The van der Waals surface area contributed by atoms with Crippen molar-refractivity contribution in [2.75, 3.05) is 6.54 Å². The van der Waals surface area contributed by atoms with Crippen LogP contribution in [0.3, 0.4) is 0 Å². The van der Waals surface area contributed by atoms with Gasteiger partial charge < -0.3 is 15.5 Å². The van der Waals surface area contributed by atoms with Gasteiger partial charge in [0, 0.05) is 12.6 Å². The normalized spacial score (nSPS) is 19.6. The fourth-order valence-corrected chi connectivity index (χ4v) is 4.68. The highest BCUT2D eigenvalue weighted by Crippen LogP contribution is 2.25. The first-order valence-electron chi connectivity index (χ1n) is 11.2. The first kappa shape index (κ1) is 20.5. The predicted octanol–water partition coefficient (Wildman–Crippen LogP) is 4.40. The highest BCUT2D eigenvalue weighted by atomic mass is 16.2. The maximum atomic E-state index is 13.3. The number of nitrogens with zero attached hydrogens (tertiary/aromatic N) is 1. The van der Waals surface area contributed by atoms with Gasteiger partial charge in [-0.3, -0.25) is 4.79 Å². The molecule has 0 spiro atoms. The summed E-state index contributed by atoms with van der Waals surface area (Å²) in [5.74, 6) is -0.0796. The zero-order chi connectivity index (χ0) is 20.8. The highest BCUT2D eigenvalue weighted by Gasteiger charge is 2.36. The maximum absolute atomic E-state index is 13.3. The summed E-state index contributed by atoms with van der Waals surface area (Å²) in [5.41, 5.74) is 2.07. The SMILES string of the molecule is O=C(NC(c1ccccc1)c1ccccc1)[C@H]1CCCN1C(=O)NC1CCCCC1. The Balaban J connectivity index is 1.46. The molecule has 1 atom stereocenters. The fourth-order valence-electron chi connectivity index (χ4n) is 4.68. The molecule has 0 unspecified atom stereocenters. The van der Waals surface area contributed by atoms with Crippen molar-refractivity contribution in [2.45, 2.75) is 63.1 Å². The van der Waals surface area contributed by atoms with Crippen LogP contribution in [0.4, 0.5) is 4.79 Å². The molecule has 0 radical (unpaired) electrons. The lowest BCUT2D eigenvalue weighted by Gasteiger charge is -2.30. The third kappa shape index (κ3) is 4.84. The molecule has 5 heteroatoms. The Morgan fingerprint density at radius 2 is 1.40 bits per heavy atom. The number of likely N-dealkylation sites (tertiary alicyclic amines) is 1. The Hall–Kier alpha value is -2.82. The number of carbonyl (C=O) groups excluding carboxylic acids is 2. The van der Waals surface area contributed by atoms with E-state index in [1.807, 2.05) is 60.7 Å². The summed E-state index contributed by atoms with van der Waals surface area (Å²) in [7, 11) is 0. The molecule has 1 aliphatic heterocycles. The van der Waals surface area contributed by atoms with Gasteiger partial charge in [-0.1, -0.05) is 79.9 Å². The van der Waals surface area contributed by atoms with Gasteiger partial charge in [-0.05, 0) is 36.8 Å². The topological polar surface area (TPSA) is 61.4 Å². The molecule has 30 heavy (non-hydrogen) atoms. The third-order valence-corrected chi connectivity index (χ3v) is 6.30. The van der Waals surface area contributed by atoms with E-state index in [-0.39, 0.29) is 24.0 Å². The Kier molecular flexibility index (Phi) is 6.67. The van der Waals surface area contributed by atoms with Crippen molar-refractivity contribution in [1.29, 1.82) is 0 Å². The van der Waals surface area contributed by atoms with Crippen molar-refractivity contribution in [3.63, 3.8) is 0 Å². The first-order valence-corrected chi connectivity index (χ1v) is 11.2. The second-order valence-electron chi connectivity index (χ2n) is 8.40. The molecule has 0 bridgehead atoms. The van der Waals surface area contributed by atoms with Gasteiger partial charge in [-0.15, -0.1) is 0 Å². The lowest BCUT2D eigenvalue weighted by molar-refractivity contribution is -0.125. The Labute approximate surface area is 178 Å². The van der Waals surface area contributed by atoms with E-state index in [0.717, 1.165) is 30.4 Å². The Morgan fingerprint density at radius 3 is 2.00 bits per heavy atom. The number of urea groups is 1. The monoisotopic (exact) mass is 405 g/mol. The van der Waals surface area contributed by atoms with Gasteiger partial charge >= 0.3 is 6.03 Å². The summed E-state index contributed by atoms with van der Waals surface area (Å²) < 4.78 is 0. The molecular weight excluding hydrogens is 374 g/mol. The van der Waals surface area contributed by atoms with E-state index in [1.165, 1.54) is 19.3 Å². The van der Waals surface area contributed by atoms with Crippen LogP contribution in [0.25, 0.3) is 0 Å². The van der Waals surface area contributed by atoms with Gasteiger partial charge in [0.1, 0.15) is 6.04 Å². The molecular formula is C25H31N3O2. The van der Waals surface area contributed by atoms with Crippen LogP contribution in [-0.2, 0) is 4.79 Å². The van der Waals surface area contributed by atoms with Gasteiger partial charge in [0.2, 0.25) is 5.91 Å². The molecule has 1 saturated heterocycles. The molecule has 1 saturated carbocycles. The summed E-state index contributed by atoms with van der Waals surface area (Å²) in [4.78, 5) is 27.9. The lowest BCUT2D eigenvalue weighted by Crippen LogP contribution is -2.52. The molecule has 3 amide bonds. The molecule has 1 aliphatic carbocycles. The number of benzene rings is 2. The van der Waals surface area contributed by atoms with Gasteiger partial charge in [0.15, 0.2) is 0 Å². The zero-order valence-corrected chi connectivity index (χ0v) is 17.4. The van der Waals surface area contributed by atoms with E-state index < -0.39 is 6.04 Å². The van der Waals surface area contributed by atoms with Crippen LogP contribution >= 0.6 is 0 Å². The minimum absolute atomic E-state index is 0.0796. The Bertz CT molecular complexity index is 794. The lowest BCUT2D eigenvalue weighted by atomic mass is 9.96. The number of hydrogen-bond donors (Lipinski definition) is 2. The minimum atomic E-state index is -0.413. The van der Waals surface area contributed by atoms with Crippen LogP contribution in [0.15, 0.2) is 60.7 Å². The number of rotatable bonds is 5. The van der Waals surface area contributed by atoms with Crippen molar-refractivity contribution in [2.24, 2.45) is 0 Å². The largest absolute Gasteiger partial charge is 0.343 e. The standard InChI is InChI=1S/C25H31N3O2/c29-24(22-17-10-18-28(22)25(30)26-21-15-8-3-9-16-21)27-23(19-11-4-1-5-12-19)20-13-6-2-7-14-20/h1-2,4-7,11-14,21-23H,3,8-10,15-18H2,(H,26,30)(H,27,29)/t22-/m1/s1. The van der Waals surface area contributed by atoms with Crippen LogP contribution in [0.1, 0.15) is 62.1 Å². The van der Waals surface area contributed by atoms with Crippen LogP contribution in [0.5, 0.6) is 0 Å². The molecule has 4 rings (SSSR count). The van der Waals surface area contributed by atoms with E-state index >= 15 is 0 Å². The van der Waals surface area contributed by atoms with E-state index in [2.05, 4.69) is 10.6 Å². The van der Waals surface area contributed by atoms with E-state index in [9.17, 15) is 9.59 Å². The van der Waals surface area contributed by atoms with Crippen LogP contribution in [0.2, 0.25) is 0 Å². The highest BCUT2D eigenvalue weighted by molar-refractivity contribution is 5.88. The van der Waals surface area contributed by atoms with E-state index in [0.29, 0.717) is 13.0 Å². The maximum Gasteiger partial charge on any atom is 0.318 e. The van der Waals surface area contributed by atoms with Crippen molar-refractivity contribution in [3.05, 3.63) is 71.8 Å². The van der Waals surface area contributed by atoms with Crippen LogP contribution in [-0.4, -0.2) is 35.5 Å². The second-order valence-corrected chi connectivity index (χ2v) is 8.40. The van der Waals surface area contributed by atoms with E-state index in [1.54, 1.807) is 4.90 Å². The number of hydrogen-bond acceptors (Lipinski definition) is 2. The average Bonchev–Trinajstić information content (AvgIpc) is 3.30. The van der Waals surface area contributed by atoms with E-state index in [4.69, 9.17) is 0 Å². The molecule has 2 fully saturated rings. The molecule has 158 valence electrons. The Morgan fingerprint density at radius 1 is 0.800 bits per heavy atom. The zero-order valence-electron chi connectivity index (χ0n) is 17.4. The molecule has 2 aromatic carbocycles. The van der Waals surface area contributed by atoms with Crippen molar-refractivity contribution >= 4 is 11.9 Å². The summed E-state index contributed by atoms with van der Waals surface area (Å²) in [6, 6.07) is 19.5. The van der Waals surface area contributed by atoms with Crippen molar-refractivity contribution in [1.82, 2.24) is 15.5 Å². The first-order chi connectivity index (χ1) is 14.7. The summed E-state index contributed by atoms with van der Waals surface area (Å²) in [5, 5.41) is 6.39. The molecule has 0 aromatic heterocycles. The minimum Gasteiger partial charge on any atom is -0.343 e. The number of carbonyl (C=O) groups is 2. The summed E-state index contributed by atoms with van der Waals surface area (Å²) >= 11 is 0. The smallest absolute Gasteiger partial charge is 0.318 e. The van der Waals surface area contributed by atoms with Gasteiger partial charge in [0.25, 0.3) is 0 Å². The quantitative estimate of drug-likeness (QED) is 0.775. The second kappa shape index (κ2) is 9.79. The van der Waals surface area contributed by atoms with Gasteiger partial charge in [0.05, 0.1) is 6.04 Å². The predicted molar refractivity (Wildman–Crippen MR) is 118 cm³/mol. The third-order valence-electron chi connectivity index (χ3n) is 6.30. The van der Waals surface area contributed by atoms with Gasteiger partial charge in [-0.2, -0.15) is 0 Å². The van der Waals surface area contributed by atoms with Crippen molar-refractivity contribution < 1.29 is 9.59 Å². The molecule has 2 aliphatic rings. The average molecular weight is 406 g/mol. The molecule has 1 heterocycles. The van der Waals surface area contributed by atoms with Crippen LogP contribution < -0.4 is 10.6 Å². The summed E-state index contributed by atoms with van der Waals surface area (Å²) in [6.45, 7) is 0.637. The van der Waals surface area contributed by atoms with Gasteiger partial charge in [-0.25, -0.2) is 4.79 Å². The molecule has 2 N–H and O–H groups in total. The van der Waals surface area contributed by atoms with Crippen molar-refractivity contribution in [3.8, 4) is 0 Å².